The maximum Gasteiger partial charge on any atom is -0.0383 e. The van der Waals surface area contributed by atoms with E-state index < -0.39 is 0 Å². The van der Waals surface area contributed by atoms with Crippen LogP contribution in [-0.4, -0.2) is 0 Å². The van der Waals surface area contributed by atoms with Gasteiger partial charge in [-0.25, -0.2) is 0 Å². The SMILES string of the molecule is [CH2]CCC1CC1CCC.[CH2]CCCCCCCC. The number of rotatable bonds is 10. The summed E-state index contributed by atoms with van der Waals surface area (Å²) in [4.78, 5) is 0. The molecule has 0 spiro atoms. The van der Waals surface area contributed by atoms with Gasteiger partial charge in [-0.05, 0) is 18.3 Å². The van der Waals surface area contributed by atoms with Gasteiger partial charge >= 0.3 is 0 Å². The summed E-state index contributed by atoms with van der Waals surface area (Å²) in [5.74, 6) is 2.17. The van der Waals surface area contributed by atoms with Crippen molar-refractivity contribution in [2.45, 2.75) is 90.9 Å². The van der Waals surface area contributed by atoms with Crippen LogP contribution in [0.2, 0.25) is 0 Å². The Morgan fingerprint density at radius 3 is 1.89 bits per heavy atom. The highest BCUT2D eigenvalue weighted by atomic mass is 14.4. The molecular weight excluding hydrogens is 216 g/mol. The molecule has 1 aliphatic rings. The minimum absolute atomic E-state index is 1.07. The third-order valence-corrected chi connectivity index (χ3v) is 3.91. The fraction of sp³-hybridized carbons (Fsp3) is 0.889. The maximum absolute atomic E-state index is 3.86. The van der Waals surface area contributed by atoms with Crippen LogP contribution in [0, 0.1) is 25.7 Å². The van der Waals surface area contributed by atoms with E-state index in [0.29, 0.717) is 0 Å². The molecular formula is C18H36. The summed E-state index contributed by atoms with van der Waals surface area (Å²) >= 11 is 0. The molecule has 0 aromatic heterocycles. The van der Waals surface area contributed by atoms with Gasteiger partial charge in [0, 0.05) is 0 Å². The molecule has 0 N–H and O–H groups in total. The molecule has 1 rings (SSSR count). The Bertz CT molecular complexity index is 134. The molecule has 0 bridgehead atoms. The van der Waals surface area contributed by atoms with Crippen molar-refractivity contribution in [1.82, 2.24) is 0 Å². The monoisotopic (exact) mass is 252 g/mol. The lowest BCUT2D eigenvalue weighted by Gasteiger charge is -1.95. The molecule has 2 unspecified atom stereocenters. The number of hydrogen-bond acceptors (Lipinski definition) is 0. The summed E-state index contributed by atoms with van der Waals surface area (Å²) in [7, 11) is 0. The maximum atomic E-state index is 3.86. The van der Waals surface area contributed by atoms with Crippen LogP contribution in [0.1, 0.15) is 90.9 Å². The third-order valence-electron chi connectivity index (χ3n) is 3.91. The molecule has 108 valence electrons. The van der Waals surface area contributed by atoms with Crippen LogP contribution in [-0.2, 0) is 0 Å². The highest BCUT2D eigenvalue weighted by molar-refractivity contribution is 4.85. The molecule has 0 heterocycles. The van der Waals surface area contributed by atoms with E-state index in [2.05, 4.69) is 27.7 Å². The van der Waals surface area contributed by atoms with Crippen molar-refractivity contribution in [3.8, 4) is 0 Å². The Labute approximate surface area is 117 Å². The molecule has 0 aromatic rings. The first-order valence-electron chi connectivity index (χ1n) is 8.38. The summed E-state index contributed by atoms with van der Waals surface area (Å²) in [5.41, 5.74) is 0. The van der Waals surface area contributed by atoms with E-state index >= 15 is 0 Å². The third kappa shape index (κ3) is 11.1. The predicted octanol–water partition coefficient (Wildman–Crippen LogP) is 6.61. The molecule has 0 aromatic carbocycles. The lowest BCUT2D eigenvalue weighted by Crippen LogP contribution is -1.80. The van der Waals surface area contributed by atoms with Crippen molar-refractivity contribution < 1.29 is 0 Å². The Kier molecular flexibility index (Phi) is 13.4. The van der Waals surface area contributed by atoms with Crippen LogP contribution in [0.3, 0.4) is 0 Å². The van der Waals surface area contributed by atoms with E-state index in [1.807, 2.05) is 0 Å². The van der Waals surface area contributed by atoms with Crippen molar-refractivity contribution in [1.29, 1.82) is 0 Å². The van der Waals surface area contributed by atoms with Crippen LogP contribution in [0.15, 0.2) is 0 Å². The fourth-order valence-corrected chi connectivity index (χ4v) is 2.61. The first kappa shape index (κ1) is 18.0. The zero-order valence-electron chi connectivity index (χ0n) is 13.1. The molecule has 1 saturated carbocycles. The van der Waals surface area contributed by atoms with Gasteiger partial charge in [0.2, 0.25) is 0 Å². The summed E-state index contributed by atoms with van der Waals surface area (Å²) < 4.78 is 0. The lowest BCUT2D eigenvalue weighted by molar-refractivity contribution is 0.604. The van der Waals surface area contributed by atoms with E-state index in [0.717, 1.165) is 24.7 Å². The highest BCUT2D eigenvalue weighted by Gasteiger charge is 2.34. The number of hydrogen-bond donors (Lipinski definition) is 0. The van der Waals surface area contributed by atoms with E-state index in [1.165, 1.54) is 64.2 Å². The van der Waals surface area contributed by atoms with Gasteiger partial charge in [-0.2, -0.15) is 0 Å². The summed E-state index contributed by atoms with van der Waals surface area (Å²) in [5, 5.41) is 0. The van der Waals surface area contributed by atoms with Gasteiger partial charge in [-0.15, -0.1) is 0 Å². The molecule has 2 atom stereocenters. The first-order valence-corrected chi connectivity index (χ1v) is 8.38. The molecule has 18 heavy (non-hydrogen) atoms. The molecule has 0 aliphatic heterocycles. The van der Waals surface area contributed by atoms with Crippen LogP contribution in [0.25, 0.3) is 0 Å². The highest BCUT2D eigenvalue weighted by Crippen LogP contribution is 2.44. The second kappa shape index (κ2) is 13.4. The van der Waals surface area contributed by atoms with Crippen LogP contribution >= 0.6 is 0 Å². The van der Waals surface area contributed by atoms with Gasteiger partial charge in [0.1, 0.15) is 0 Å². The van der Waals surface area contributed by atoms with Crippen molar-refractivity contribution in [2.24, 2.45) is 11.8 Å². The van der Waals surface area contributed by atoms with Gasteiger partial charge < -0.3 is 0 Å². The Morgan fingerprint density at radius 2 is 1.33 bits per heavy atom. The minimum Gasteiger partial charge on any atom is -0.0654 e. The fourth-order valence-electron chi connectivity index (χ4n) is 2.61. The number of unbranched alkanes of at least 4 members (excludes halogenated alkanes) is 6. The van der Waals surface area contributed by atoms with Gasteiger partial charge in [0.15, 0.2) is 0 Å². The van der Waals surface area contributed by atoms with E-state index in [9.17, 15) is 0 Å². The van der Waals surface area contributed by atoms with Crippen molar-refractivity contribution in [2.75, 3.05) is 0 Å². The minimum atomic E-state index is 1.07. The zero-order valence-corrected chi connectivity index (χ0v) is 13.1. The molecule has 2 radical (unpaired) electrons. The quantitative estimate of drug-likeness (QED) is 0.384. The second-order valence-electron chi connectivity index (χ2n) is 5.81. The predicted molar refractivity (Wildman–Crippen MR) is 84.4 cm³/mol. The van der Waals surface area contributed by atoms with Crippen LogP contribution < -0.4 is 0 Å². The van der Waals surface area contributed by atoms with Gasteiger partial charge in [-0.1, -0.05) is 98.3 Å². The van der Waals surface area contributed by atoms with Crippen molar-refractivity contribution in [3.63, 3.8) is 0 Å². The topological polar surface area (TPSA) is 0 Å². The van der Waals surface area contributed by atoms with Crippen LogP contribution in [0.4, 0.5) is 0 Å². The molecule has 0 nitrogen and oxygen atoms in total. The standard InChI is InChI=1S/C9H17.C9H19/c1-3-5-8-7-9(8)6-4-2;1-3-5-7-9-8-6-4-2/h8-9H,1,3-7H2,2H3;1,3-9H2,2H3. The average Bonchev–Trinajstić information content (AvgIpc) is 3.09. The largest absolute Gasteiger partial charge is 0.0654 e. The van der Waals surface area contributed by atoms with Crippen LogP contribution in [0.5, 0.6) is 0 Å². The molecule has 0 amide bonds. The molecule has 1 fully saturated rings. The van der Waals surface area contributed by atoms with Crippen molar-refractivity contribution in [3.05, 3.63) is 13.8 Å². The Morgan fingerprint density at radius 1 is 0.722 bits per heavy atom. The van der Waals surface area contributed by atoms with E-state index in [-0.39, 0.29) is 0 Å². The smallest absolute Gasteiger partial charge is 0.0383 e. The van der Waals surface area contributed by atoms with E-state index in [1.54, 1.807) is 0 Å². The lowest BCUT2D eigenvalue weighted by atomic mass is 10.1. The zero-order chi connectivity index (χ0) is 13.6. The summed E-state index contributed by atoms with van der Waals surface area (Å²) in [6.07, 6.45) is 16.3. The summed E-state index contributed by atoms with van der Waals surface area (Å²) in [6.45, 7) is 12.2. The normalized spacial score (nSPS) is 21.3. The van der Waals surface area contributed by atoms with Gasteiger partial charge in [-0.3, -0.25) is 0 Å². The Hall–Kier alpha value is 0. The summed E-state index contributed by atoms with van der Waals surface area (Å²) in [6, 6.07) is 0. The second-order valence-corrected chi connectivity index (χ2v) is 5.81. The molecule has 1 aliphatic carbocycles. The van der Waals surface area contributed by atoms with E-state index in [4.69, 9.17) is 0 Å². The van der Waals surface area contributed by atoms with Gasteiger partial charge in [0.25, 0.3) is 0 Å². The van der Waals surface area contributed by atoms with Gasteiger partial charge in [0.05, 0.1) is 0 Å². The molecule has 0 heteroatoms. The average molecular weight is 252 g/mol. The van der Waals surface area contributed by atoms with Crippen molar-refractivity contribution >= 4 is 0 Å². The molecule has 0 saturated heterocycles. The Balaban J connectivity index is 0.000000321. The first-order chi connectivity index (χ1) is 8.79.